The zero-order valence-corrected chi connectivity index (χ0v) is 16.1. The van der Waals surface area contributed by atoms with Gasteiger partial charge in [-0.15, -0.1) is 5.10 Å². The molecule has 1 heterocycles. The second-order valence-electron chi connectivity index (χ2n) is 6.91. The van der Waals surface area contributed by atoms with E-state index in [4.69, 9.17) is 21.4 Å². The largest absolute Gasteiger partial charge is 0.484 e. The van der Waals surface area contributed by atoms with Gasteiger partial charge in [0.05, 0.1) is 0 Å². The lowest BCUT2D eigenvalue weighted by molar-refractivity contribution is -0.123. The normalized spacial score (nSPS) is 19.9. The van der Waals surface area contributed by atoms with Crippen LogP contribution in [0.5, 0.6) is 5.75 Å². The summed E-state index contributed by atoms with van der Waals surface area (Å²) in [5.74, 6) is 1.56. The molecule has 1 aliphatic rings. The van der Waals surface area contributed by atoms with Crippen molar-refractivity contribution in [3.63, 3.8) is 0 Å². The van der Waals surface area contributed by atoms with Crippen LogP contribution in [0.15, 0.2) is 28.7 Å². The summed E-state index contributed by atoms with van der Waals surface area (Å²) in [7, 11) is 0. The Labute approximate surface area is 158 Å². The number of nitrogens with zero attached hydrogens (tertiary/aromatic N) is 2. The molecule has 1 aromatic heterocycles. The Hall–Kier alpha value is -2.15. The van der Waals surface area contributed by atoms with Crippen LogP contribution in [0.2, 0.25) is 0 Å². The summed E-state index contributed by atoms with van der Waals surface area (Å²) >= 11 is 5.17. The highest BCUT2D eigenvalue weighted by atomic mass is 32.1. The fourth-order valence-electron chi connectivity index (χ4n) is 3.28. The third kappa shape index (κ3) is 4.72. The number of para-hydroxylation sites is 1. The average molecular weight is 375 g/mol. The SMILES string of the molecule is Cc1ccccc1OCc1nn(CC(=O)N[C@@H]2CCCC[C@H]2C)c(=S)o1. The van der Waals surface area contributed by atoms with E-state index in [1.54, 1.807) is 0 Å². The first-order valence-electron chi connectivity index (χ1n) is 9.07. The number of aromatic nitrogens is 2. The highest BCUT2D eigenvalue weighted by molar-refractivity contribution is 7.71. The van der Waals surface area contributed by atoms with Crippen LogP contribution in [-0.2, 0) is 17.9 Å². The van der Waals surface area contributed by atoms with E-state index in [9.17, 15) is 4.79 Å². The Morgan fingerprint density at radius 2 is 2.15 bits per heavy atom. The van der Waals surface area contributed by atoms with E-state index >= 15 is 0 Å². The fourth-order valence-corrected chi connectivity index (χ4v) is 3.49. The molecule has 1 aromatic carbocycles. The van der Waals surface area contributed by atoms with Crippen LogP contribution in [0, 0.1) is 17.7 Å². The molecule has 26 heavy (non-hydrogen) atoms. The van der Waals surface area contributed by atoms with Crippen LogP contribution in [0.1, 0.15) is 44.1 Å². The van der Waals surface area contributed by atoms with Crippen molar-refractivity contribution in [1.82, 2.24) is 15.1 Å². The smallest absolute Gasteiger partial charge is 0.287 e. The van der Waals surface area contributed by atoms with Gasteiger partial charge in [0.2, 0.25) is 5.91 Å². The van der Waals surface area contributed by atoms with Gasteiger partial charge in [-0.2, -0.15) is 0 Å². The maximum absolute atomic E-state index is 12.3. The van der Waals surface area contributed by atoms with Crippen molar-refractivity contribution in [2.75, 3.05) is 0 Å². The van der Waals surface area contributed by atoms with Crippen LogP contribution < -0.4 is 10.1 Å². The molecule has 2 aromatic rings. The first-order valence-corrected chi connectivity index (χ1v) is 9.48. The number of hydrogen-bond donors (Lipinski definition) is 1. The predicted molar refractivity (Wildman–Crippen MR) is 100 cm³/mol. The monoisotopic (exact) mass is 375 g/mol. The van der Waals surface area contributed by atoms with Crippen LogP contribution >= 0.6 is 12.2 Å². The quantitative estimate of drug-likeness (QED) is 0.778. The summed E-state index contributed by atoms with van der Waals surface area (Å²) in [4.78, 5) is 12.5. The third-order valence-electron chi connectivity index (χ3n) is 4.84. The summed E-state index contributed by atoms with van der Waals surface area (Å²) in [5.41, 5.74) is 1.03. The van der Waals surface area contributed by atoms with Gasteiger partial charge in [-0.05, 0) is 49.5 Å². The van der Waals surface area contributed by atoms with Crippen LogP contribution in [0.25, 0.3) is 0 Å². The molecular formula is C19H25N3O3S. The molecule has 0 radical (unpaired) electrons. The Bertz CT molecular complexity index is 814. The molecule has 7 heteroatoms. The lowest BCUT2D eigenvalue weighted by Crippen LogP contribution is -2.42. The number of ether oxygens (including phenoxy) is 1. The summed E-state index contributed by atoms with van der Waals surface area (Å²) < 4.78 is 12.6. The standard InChI is InChI=1S/C19H25N3O3S/c1-13-7-3-5-9-15(13)20-17(23)11-22-19(26)25-18(21-22)12-24-16-10-6-4-8-14(16)2/h4,6,8,10,13,15H,3,5,7,9,11-12H2,1-2H3,(H,20,23)/t13-,15-/m1/s1. The van der Waals surface area contributed by atoms with E-state index in [1.165, 1.54) is 17.5 Å². The zero-order valence-electron chi connectivity index (χ0n) is 15.2. The molecule has 2 atom stereocenters. The van der Waals surface area contributed by atoms with Gasteiger partial charge in [0, 0.05) is 6.04 Å². The van der Waals surface area contributed by atoms with Gasteiger partial charge in [0.15, 0.2) is 6.61 Å². The number of rotatable bonds is 6. The molecule has 1 N–H and O–H groups in total. The minimum atomic E-state index is -0.0838. The molecule has 0 spiro atoms. The van der Waals surface area contributed by atoms with Crippen molar-refractivity contribution in [2.45, 2.75) is 58.7 Å². The van der Waals surface area contributed by atoms with Crippen molar-refractivity contribution in [3.05, 3.63) is 40.6 Å². The molecule has 1 amide bonds. The van der Waals surface area contributed by atoms with Gasteiger partial charge in [0.25, 0.3) is 10.7 Å². The lowest BCUT2D eigenvalue weighted by Gasteiger charge is -2.29. The Morgan fingerprint density at radius 3 is 2.92 bits per heavy atom. The van der Waals surface area contributed by atoms with E-state index in [1.807, 2.05) is 31.2 Å². The number of nitrogens with one attached hydrogen (secondary N) is 1. The molecule has 0 unspecified atom stereocenters. The van der Waals surface area contributed by atoms with Crippen molar-refractivity contribution in [2.24, 2.45) is 5.92 Å². The molecule has 6 nitrogen and oxygen atoms in total. The molecule has 140 valence electrons. The number of carbonyl (C=O) groups is 1. The minimum Gasteiger partial charge on any atom is -0.484 e. The first-order chi connectivity index (χ1) is 12.5. The maximum atomic E-state index is 12.3. The molecule has 1 aliphatic carbocycles. The topological polar surface area (TPSA) is 69.3 Å². The van der Waals surface area contributed by atoms with Gasteiger partial charge >= 0.3 is 0 Å². The number of benzene rings is 1. The Balaban J connectivity index is 1.56. The number of carbonyl (C=O) groups excluding carboxylic acids is 1. The van der Waals surface area contributed by atoms with Gasteiger partial charge in [-0.25, -0.2) is 4.68 Å². The van der Waals surface area contributed by atoms with Gasteiger partial charge in [-0.3, -0.25) is 4.79 Å². The van der Waals surface area contributed by atoms with Gasteiger partial charge < -0.3 is 14.5 Å². The molecule has 0 aliphatic heterocycles. The summed E-state index contributed by atoms with van der Waals surface area (Å²) in [6, 6.07) is 7.96. The van der Waals surface area contributed by atoms with Crippen molar-refractivity contribution in [3.8, 4) is 5.75 Å². The van der Waals surface area contributed by atoms with Crippen molar-refractivity contribution < 1.29 is 13.9 Å². The molecular weight excluding hydrogens is 350 g/mol. The summed E-state index contributed by atoms with van der Waals surface area (Å²) in [5, 5.41) is 7.37. The zero-order chi connectivity index (χ0) is 18.5. The van der Waals surface area contributed by atoms with E-state index in [2.05, 4.69) is 17.3 Å². The number of amides is 1. The maximum Gasteiger partial charge on any atom is 0.287 e. The molecule has 1 fully saturated rings. The van der Waals surface area contributed by atoms with Gasteiger partial charge in [0.1, 0.15) is 12.3 Å². The molecule has 1 saturated carbocycles. The van der Waals surface area contributed by atoms with Crippen LogP contribution in [0.4, 0.5) is 0 Å². The van der Waals surface area contributed by atoms with Crippen LogP contribution in [-0.4, -0.2) is 21.7 Å². The molecule has 0 saturated heterocycles. The Morgan fingerprint density at radius 1 is 1.38 bits per heavy atom. The molecule has 0 bridgehead atoms. The first kappa shape index (κ1) is 18.6. The summed E-state index contributed by atoms with van der Waals surface area (Å²) in [6.07, 6.45) is 4.60. The van der Waals surface area contributed by atoms with Crippen molar-refractivity contribution in [1.29, 1.82) is 0 Å². The second kappa shape index (κ2) is 8.49. The van der Waals surface area contributed by atoms with Crippen LogP contribution in [0.3, 0.4) is 0 Å². The van der Waals surface area contributed by atoms with Gasteiger partial charge in [-0.1, -0.05) is 38.0 Å². The Kier molecular flexibility index (Phi) is 6.08. The fraction of sp³-hybridized carbons (Fsp3) is 0.526. The number of aryl methyl sites for hydroxylation is 1. The minimum absolute atomic E-state index is 0.0654. The third-order valence-corrected chi connectivity index (χ3v) is 5.14. The van der Waals surface area contributed by atoms with Crippen molar-refractivity contribution >= 4 is 18.1 Å². The molecule has 3 rings (SSSR count). The predicted octanol–water partition coefficient (Wildman–Crippen LogP) is 3.79. The van der Waals surface area contributed by atoms with E-state index in [0.29, 0.717) is 11.8 Å². The second-order valence-corrected chi connectivity index (χ2v) is 7.26. The highest BCUT2D eigenvalue weighted by Crippen LogP contribution is 2.23. The highest BCUT2D eigenvalue weighted by Gasteiger charge is 2.23. The van der Waals surface area contributed by atoms with E-state index in [-0.39, 0.29) is 29.9 Å². The number of hydrogen-bond acceptors (Lipinski definition) is 5. The average Bonchev–Trinajstić information content (AvgIpc) is 2.96. The lowest BCUT2D eigenvalue weighted by atomic mass is 9.86. The van der Waals surface area contributed by atoms with E-state index < -0.39 is 0 Å². The van der Waals surface area contributed by atoms with E-state index in [0.717, 1.165) is 24.2 Å². The summed E-state index contributed by atoms with van der Waals surface area (Å²) in [6.45, 7) is 4.39.